The minimum Gasteiger partial charge on any atom is -0.477 e. The van der Waals surface area contributed by atoms with Crippen molar-refractivity contribution in [1.29, 1.82) is 0 Å². The summed E-state index contributed by atoms with van der Waals surface area (Å²) in [7, 11) is 0. The summed E-state index contributed by atoms with van der Waals surface area (Å²) in [6.45, 7) is -1.72. The molecule has 4 amide bonds. The Bertz CT molecular complexity index is 2150. The molecule has 0 saturated carbocycles. The number of hydrogen-bond donors (Lipinski definition) is 22. The summed E-state index contributed by atoms with van der Waals surface area (Å²) in [5, 5.41) is 205. The predicted octanol–water partition coefficient (Wildman–Crippen LogP) is -13.7. The lowest BCUT2D eigenvalue weighted by atomic mass is 9.88. The summed E-state index contributed by atoms with van der Waals surface area (Å²) in [4.78, 5) is 62.6. The van der Waals surface area contributed by atoms with Crippen molar-refractivity contribution in [3.8, 4) is 0 Å². The Morgan fingerprint density at radius 2 is 1.07 bits per heavy atom. The highest BCUT2D eigenvalue weighted by molar-refractivity contribution is 5.77. The molecule has 5 fully saturated rings. The molecule has 37 heteroatoms. The molecule has 22 N–H and O–H groups in total. The molecule has 0 aromatic heterocycles. The van der Waals surface area contributed by atoms with Crippen molar-refractivity contribution < 1.29 is 163 Å². The standard InChI is InChI=1S/C47H80N4O33/c1-13-28(64)35(71)36(72)44(76-13)83-41-40(82-42-26(50-16(4)59)33(69)31(67)22(9-54)77-42)32(68)23(10-55)78-45(41)81-38-24(11-56)79-43(27(34(38)70)51-17(5)60)80-37(18(7-52)48-14(2)57)30(66)21(63)12-75-47(46(73)74)6-19(61)25(49-15(3)58)39(84-47)29(65)20(62)8-53/h13,18-45,52-56,61-72H,6-12H2,1-5H3,(H,48,57)(H,49,58)(H,50,59)(H,51,60)(H,73,74)/t13-,18-,19-,20+,21+,22+,23+,24+,25+,26+,27+,28+,29+,30-,31-,32-,33+,34+,35+,36-,37+,38+,39+,40-,41+,42+,43-,44-,45-,47+/m0/s1. The van der Waals surface area contributed by atoms with Crippen LogP contribution in [0.15, 0.2) is 0 Å². The number of ether oxygens (including phenoxy) is 10. The van der Waals surface area contributed by atoms with Crippen LogP contribution in [0.25, 0.3) is 0 Å². The molecule has 0 aromatic carbocycles. The first-order valence-corrected chi connectivity index (χ1v) is 26.5. The van der Waals surface area contributed by atoms with Gasteiger partial charge >= 0.3 is 5.97 Å². The normalized spacial score (nSPS) is 41.4. The smallest absolute Gasteiger partial charge is 0.364 e. The van der Waals surface area contributed by atoms with Gasteiger partial charge in [-0.3, -0.25) is 19.2 Å². The topological polar surface area (TPSA) is 590 Å². The van der Waals surface area contributed by atoms with Crippen molar-refractivity contribution in [3.05, 3.63) is 0 Å². The number of aliphatic carboxylic acids is 1. The summed E-state index contributed by atoms with van der Waals surface area (Å²) in [5.74, 6) is -8.62. The van der Waals surface area contributed by atoms with Gasteiger partial charge < -0.3 is 161 Å². The molecular weight excluding hydrogens is 1150 g/mol. The number of amides is 4. The molecule has 5 saturated heterocycles. The molecule has 84 heavy (non-hydrogen) atoms. The molecule has 5 heterocycles. The van der Waals surface area contributed by atoms with E-state index in [4.69, 9.17) is 47.4 Å². The summed E-state index contributed by atoms with van der Waals surface area (Å²) >= 11 is 0. The predicted molar refractivity (Wildman–Crippen MR) is 264 cm³/mol. The number of carboxylic acid groups (broad SMARTS) is 1. The number of carbonyl (C=O) groups is 5. The van der Waals surface area contributed by atoms with Crippen molar-refractivity contribution in [3.63, 3.8) is 0 Å². The Morgan fingerprint density at radius 1 is 0.548 bits per heavy atom. The molecule has 486 valence electrons. The third kappa shape index (κ3) is 16.5. The van der Waals surface area contributed by atoms with Crippen LogP contribution >= 0.6 is 0 Å². The second kappa shape index (κ2) is 30.9. The van der Waals surface area contributed by atoms with Crippen LogP contribution in [0.3, 0.4) is 0 Å². The van der Waals surface area contributed by atoms with Gasteiger partial charge in [0, 0.05) is 34.1 Å². The van der Waals surface area contributed by atoms with Crippen molar-refractivity contribution in [2.75, 3.05) is 39.6 Å². The molecule has 5 aliphatic heterocycles. The fraction of sp³-hybridized carbons (Fsp3) is 0.894. The van der Waals surface area contributed by atoms with Crippen LogP contribution in [-0.2, 0) is 71.3 Å². The van der Waals surface area contributed by atoms with Crippen molar-refractivity contribution in [2.24, 2.45) is 0 Å². The lowest BCUT2D eigenvalue weighted by Gasteiger charge is -2.51. The Morgan fingerprint density at radius 3 is 1.61 bits per heavy atom. The fourth-order valence-electron chi connectivity index (χ4n) is 10.2. The van der Waals surface area contributed by atoms with Crippen molar-refractivity contribution in [2.45, 2.75) is 224 Å². The Hall–Kier alpha value is -3.73. The zero-order valence-electron chi connectivity index (χ0n) is 45.9. The van der Waals surface area contributed by atoms with E-state index >= 15 is 0 Å². The minimum atomic E-state index is -3.08. The average Bonchev–Trinajstić information content (AvgIpc) is 2.23. The monoisotopic (exact) mass is 1230 g/mol. The third-order valence-corrected chi connectivity index (χ3v) is 14.6. The van der Waals surface area contributed by atoms with Gasteiger partial charge in [-0.25, -0.2) is 4.79 Å². The lowest BCUT2D eigenvalue weighted by molar-refractivity contribution is -0.399. The van der Waals surface area contributed by atoms with Gasteiger partial charge in [-0.1, -0.05) is 0 Å². The number of nitrogens with one attached hydrogen (secondary N) is 4. The SMILES string of the molecule is CC(=O)N[C@H]1[C@H](O[C@@H]([C@@H](O)[C@H](O)CO[C@]2(C(=O)O)C[C@H](O)[C@@H](NC(C)=O)[C@H]([C@H](O)[C@H](O)CO)O2)[C@H](CO)NC(C)=O)O[C@H](CO)[C@@H](O[C@@H]2O[C@H](CO)[C@H](O)[C@H](O[C@H]3O[C@H](CO)[C@H](O)[C@H](O)[C@H]3NC(C)=O)[C@H]2O[C@@H]2O[C@@H](C)[C@@H](O)[C@@H](O)[C@@H]2O)[C@@H]1O. The van der Waals surface area contributed by atoms with Crippen LogP contribution in [0.5, 0.6) is 0 Å². The van der Waals surface area contributed by atoms with E-state index < -0.39 is 259 Å². The Kier molecular flexibility index (Phi) is 26.2. The highest BCUT2D eigenvalue weighted by Gasteiger charge is 2.59. The summed E-state index contributed by atoms with van der Waals surface area (Å²) in [6, 6.07) is -7.14. The zero-order chi connectivity index (χ0) is 63.0. The number of aliphatic hydroxyl groups is 17. The van der Waals surface area contributed by atoms with Gasteiger partial charge in [0.05, 0.1) is 63.9 Å². The van der Waals surface area contributed by atoms with E-state index in [9.17, 15) is 116 Å². The van der Waals surface area contributed by atoms with E-state index in [1.165, 1.54) is 6.92 Å². The molecule has 0 bridgehead atoms. The van der Waals surface area contributed by atoms with Crippen LogP contribution in [0.2, 0.25) is 0 Å². The zero-order valence-corrected chi connectivity index (χ0v) is 45.9. The van der Waals surface area contributed by atoms with Crippen LogP contribution in [-0.4, -0.2) is 344 Å². The van der Waals surface area contributed by atoms with E-state index in [1.54, 1.807) is 0 Å². The molecule has 37 nitrogen and oxygen atoms in total. The Labute approximate surface area is 477 Å². The van der Waals surface area contributed by atoms with Crippen LogP contribution in [0, 0.1) is 0 Å². The summed E-state index contributed by atoms with van der Waals surface area (Å²) in [6.07, 6.45) is -51.7. The van der Waals surface area contributed by atoms with E-state index in [0.29, 0.717) is 0 Å². The minimum absolute atomic E-state index is 0.818. The highest BCUT2D eigenvalue weighted by Crippen LogP contribution is 2.38. The van der Waals surface area contributed by atoms with Crippen LogP contribution < -0.4 is 21.3 Å². The maximum Gasteiger partial charge on any atom is 0.364 e. The largest absolute Gasteiger partial charge is 0.477 e. The second-order valence-electron chi connectivity index (χ2n) is 20.9. The molecule has 5 aliphatic rings. The highest BCUT2D eigenvalue weighted by atomic mass is 16.8. The van der Waals surface area contributed by atoms with Crippen molar-refractivity contribution >= 4 is 29.6 Å². The number of rotatable bonds is 26. The molecule has 0 spiro atoms. The summed E-state index contributed by atoms with van der Waals surface area (Å²) in [5.41, 5.74) is 0. The van der Waals surface area contributed by atoms with Crippen molar-refractivity contribution in [1.82, 2.24) is 21.3 Å². The van der Waals surface area contributed by atoms with E-state index in [-0.39, 0.29) is 0 Å². The Balaban J connectivity index is 1.51. The second-order valence-corrected chi connectivity index (χ2v) is 20.9. The lowest BCUT2D eigenvalue weighted by Crippen LogP contribution is -2.71. The van der Waals surface area contributed by atoms with Gasteiger partial charge in [0.2, 0.25) is 23.6 Å². The van der Waals surface area contributed by atoms with Gasteiger partial charge in [-0.15, -0.1) is 0 Å². The van der Waals surface area contributed by atoms with Crippen LogP contribution in [0.4, 0.5) is 0 Å². The van der Waals surface area contributed by atoms with E-state index in [2.05, 4.69) is 21.3 Å². The molecule has 5 rings (SSSR count). The van der Waals surface area contributed by atoms with Crippen LogP contribution in [0.1, 0.15) is 41.0 Å². The molecule has 0 unspecified atom stereocenters. The maximum absolute atomic E-state index is 12.9. The number of carbonyl (C=O) groups excluding carboxylic acids is 4. The molecular formula is C47H80N4O33. The van der Waals surface area contributed by atoms with Gasteiger partial charge in [0.25, 0.3) is 5.79 Å². The summed E-state index contributed by atoms with van der Waals surface area (Å²) < 4.78 is 58.8. The van der Waals surface area contributed by atoms with E-state index in [1.807, 2.05) is 0 Å². The first-order valence-electron chi connectivity index (χ1n) is 26.5. The quantitative estimate of drug-likeness (QED) is 0.0382. The molecule has 0 aliphatic carbocycles. The number of hydrogen-bond acceptors (Lipinski definition) is 32. The molecule has 30 atom stereocenters. The third-order valence-electron chi connectivity index (χ3n) is 14.6. The fourth-order valence-corrected chi connectivity index (χ4v) is 10.2. The first-order chi connectivity index (χ1) is 39.4. The van der Waals surface area contributed by atoms with Gasteiger partial charge in [0.1, 0.15) is 128 Å². The molecule has 0 radical (unpaired) electrons. The van der Waals surface area contributed by atoms with Gasteiger partial charge in [-0.05, 0) is 6.92 Å². The first kappa shape index (κ1) is 71.0. The maximum atomic E-state index is 12.9. The molecule has 0 aromatic rings. The number of aliphatic hydroxyl groups excluding tert-OH is 17. The average molecular weight is 1230 g/mol. The number of carboxylic acids is 1. The van der Waals surface area contributed by atoms with Gasteiger partial charge in [0.15, 0.2) is 25.2 Å². The van der Waals surface area contributed by atoms with E-state index in [0.717, 1.165) is 27.7 Å². The van der Waals surface area contributed by atoms with Gasteiger partial charge in [-0.2, -0.15) is 0 Å².